The van der Waals surface area contributed by atoms with Gasteiger partial charge in [-0.1, -0.05) is 13.8 Å². The second-order valence-electron chi connectivity index (χ2n) is 6.16. The van der Waals surface area contributed by atoms with Gasteiger partial charge in [-0.2, -0.15) is 0 Å². The average molecular weight is 444 g/mol. The summed E-state index contributed by atoms with van der Waals surface area (Å²) in [6.45, 7) is 8.78. The third-order valence-electron chi connectivity index (χ3n) is 4.15. The van der Waals surface area contributed by atoms with Crippen molar-refractivity contribution < 1.29 is 9.47 Å². The fourth-order valence-electron chi connectivity index (χ4n) is 3.06. The van der Waals surface area contributed by atoms with Gasteiger partial charge in [-0.25, -0.2) is 0 Å². The molecular weight excluding hydrogens is 415 g/mol. The number of nitrogens with one attached hydrogen (secondary N) is 1. The van der Waals surface area contributed by atoms with E-state index in [0.29, 0.717) is 12.0 Å². The molecule has 1 aliphatic rings. The minimum Gasteiger partial charge on any atom is -0.496 e. The van der Waals surface area contributed by atoms with Gasteiger partial charge in [0.1, 0.15) is 11.5 Å². The minimum atomic E-state index is 0. The van der Waals surface area contributed by atoms with Crippen LogP contribution in [0.3, 0.4) is 0 Å². The van der Waals surface area contributed by atoms with E-state index < -0.39 is 0 Å². The third-order valence-corrected chi connectivity index (χ3v) is 4.77. The van der Waals surface area contributed by atoms with Crippen molar-refractivity contribution in [2.24, 2.45) is 5.92 Å². The maximum absolute atomic E-state index is 5.65. The highest BCUT2D eigenvalue weighted by atomic mass is 79.9. The van der Waals surface area contributed by atoms with Crippen molar-refractivity contribution >= 4 is 40.7 Å². The van der Waals surface area contributed by atoms with Crippen molar-refractivity contribution in [3.8, 4) is 11.5 Å². The molecule has 1 fully saturated rings. The Morgan fingerprint density at radius 2 is 1.67 bits per heavy atom. The summed E-state index contributed by atoms with van der Waals surface area (Å²) in [5.74, 6) is 2.41. The van der Waals surface area contributed by atoms with E-state index in [1.165, 1.54) is 5.56 Å². The van der Waals surface area contributed by atoms with Crippen molar-refractivity contribution in [1.82, 2.24) is 10.2 Å². The summed E-state index contributed by atoms with van der Waals surface area (Å²) in [6.07, 6.45) is 1.11. The topological polar surface area (TPSA) is 33.7 Å². The van der Waals surface area contributed by atoms with Crippen LogP contribution in [0, 0.1) is 5.92 Å². The fourth-order valence-corrected chi connectivity index (χ4v) is 3.54. The first-order chi connectivity index (χ1) is 10.6. The molecule has 0 aromatic heterocycles. The van der Waals surface area contributed by atoms with Gasteiger partial charge in [-0.15, -0.1) is 24.8 Å². The highest BCUT2D eigenvalue weighted by Gasteiger charge is 2.26. The lowest BCUT2D eigenvalue weighted by Gasteiger charge is -2.37. The Morgan fingerprint density at radius 1 is 1.08 bits per heavy atom. The van der Waals surface area contributed by atoms with E-state index in [0.717, 1.165) is 48.6 Å². The second-order valence-corrected chi connectivity index (χ2v) is 7.01. The number of benzene rings is 1. The highest BCUT2D eigenvalue weighted by molar-refractivity contribution is 9.10. The minimum absolute atomic E-state index is 0. The average Bonchev–Trinajstić information content (AvgIpc) is 2.53. The molecule has 4 nitrogen and oxygen atoms in total. The Hall–Kier alpha value is -0.200. The van der Waals surface area contributed by atoms with Crippen LogP contribution in [-0.2, 0) is 0 Å². The predicted octanol–water partition coefficient (Wildman–Crippen LogP) is 4.30. The van der Waals surface area contributed by atoms with E-state index in [9.17, 15) is 0 Å². The number of rotatable bonds is 6. The van der Waals surface area contributed by atoms with Crippen molar-refractivity contribution in [2.45, 2.75) is 26.3 Å². The van der Waals surface area contributed by atoms with Crippen LogP contribution in [0.15, 0.2) is 16.6 Å². The van der Waals surface area contributed by atoms with Crippen LogP contribution in [0.25, 0.3) is 0 Å². The summed E-state index contributed by atoms with van der Waals surface area (Å²) >= 11 is 3.55. The first kappa shape index (κ1) is 23.8. The smallest absolute Gasteiger partial charge is 0.133 e. The van der Waals surface area contributed by atoms with Gasteiger partial charge >= 0.3 is 0 Å². The van der Waals surface area contributed by atoms with Crippen LogP contribution >= 0.6 is 40.7 Å². The summed E-state index contributed by atoms with van der Waals surface area (Å²) in [6, 6.07) is 4.50. The first-order valence-electron chi connectivity index (χ1n) is 7.93. The van der Waals surface area contributed by atoms with E-state index >= 15 is 0 Å². The van der Waals surface area contributed by atoms with Gasteiger partial charge in [0, 0.05) is 37.8 Å². The lowest BCUT2D eigenvalue weighted by Crippen LogP contribution is -2.45. The lowest BCUT2D eigenvalue weighted by atomic mass is 9.94. The van der Waals surface area contributed by atoms with Gasteiger partial charge in [0.25, 0.3) is 0 Å². The fraction of sp³-hybridized carbons (Fsp3) is 0.647. The number of methoxy groups -OCH3 is 2. The van der Waals surface area contributed by atoms with Crippen molar-refractivity contribution in [2.75, 3.05) is 40.4 Å². The predicted molar refractivity (Wildman–Crippen MR) is 108 cm³/mol. The normalized spacial score (nSPS) is 16.1. The summed E-state index contributed by atoms with van der Waals surface area (Å²) in [5, 5.41) is 3.43. The maximum atomic E-state index is 5.65. The van der Waals surface area contributed by atoms with E-state index in [4.69, 9.17) is 9.47 Å². The molecular formula is C17H29BrCl2N2O2. The second kappa shape index (κ2) is 11.4. The standard InChI is InChI=1S/C17H27BrN2O2.2ClH/c1-12(2)9-15(20-7-5-19-6-8-20)13-10-17(22-4)14(18)11-16(13)21-3;;/h10-12,15,19H,5-9H2,1-4H3;2*1H/t15-;;/m0../s1. The molecule has 140 valence electrons. The van der Waals surface area contributed by atoms with Gasteiger partial charge < -0.3 is 14.8 Å². The molecule has 1 N–H and O–H groups in total. The first-order valence-corrected chi connectivity index (χ1v) is 8.72. The molecule has 1 atom stereocenters. The van der Waals surface area contributed by atoms with E-state index in [1.54, 1.807) is 14.2 Å². The number of ether oxygens (including phenoxy) is 2. The largest absolute Gasteiger partial charge is 0.496 e. The molecule has 0 bridgehead atoms. The van der Waals surface area contributed by atoms with Gasteiger partial charge in [0.15, 0.2) is 0 Å². The SMILES string of the molecule is COc1cc([C@H](CC(C)C)N2CCNCC2)c(OC)cc1Br.Cl.Cl. The molecule has 2 rings (SSSR count). The molecule has 1 heterocycles. The summed E-state index contributed by atoms with van der Waals surface area (Å²) in [7, 11) is 3.44. The van der Waals surface area contributed by atoms with E-state index in [1.807, 2.05) is 6.07 Å². The van der Waals surface area contributed by atoms with Gasteiger partial charge in [-0.3, -0.25) is 4.90 Å². The molecule has 0 amide bonds. The Kier molecular flexibility index (Phi) is 11.3. The molecule has 0 aliphatic carbocycles. The zero-order valence-corrected chi connectivity index (χ0v) is 18.0. The Morgan fingerprint density at radius 3 is 2.17 bits per heavy atom. The van der Waals surface area contributed by atoms with Crippen LogP contribution in [0.4, 0.5) is 0 Å². The molecule has 24 heavy (non-hydrogen) atoms. The lowest BCUT2D eigenvalue weighted by molar-refractivity contribution is 0.151. The molecule has 1 aliphatic heterocycles. The van der Waals surface area contributed by atoms with E-state index in [2.05, 4.69) is 46.1 Å². The monoisotopic (exact) mass is 442 g/mol. The number of hydrogen-bond donors (Lipinski definition) is 1. The third kappa shape index (κ3) is 5.95. The van der Waals surface area contributed by atoms with Crippen molar-refractivity contribution in [3.63, 3.8) is 0 Å². The van der Waals surface area contributed by atoms with E-state index in [-0.39, 0.29) is 24.8 Å². The zero-order chi connectivity index (χ0) is 16.1. The molecule has 0 saturated carbocycles. The number of halogens is 3. The highest BCUT2D eigenvalue weighted by Crippen LogP contribution is 2.40. The molecule has 0 spiro atoms. The molecule has 1 saturated heterocycles. The van der Waals surface area contributed by atoms with Crippen LogP contribution in [0.2, 0.25) is 0 Å². The summed E-state index contributed by atoms with van der Waals surface area (Å²) < 4.78 is 12.1. The van der Waals surface area contributed by atoms with Gasteiger partial charge in [-0.05, 0) is 40.4 Å². The quantitative estimate of drug-likeness (QED) is 0.710. The Bertz CT molecular complexity index is 498. The molecule has 7 heteroatoms. The van der Waals surface area contributed by atoms with Crippen LogP contribution in [-0.4, -0.2) is 45.3 Å². The molecule has 1 aromatic carbocycles. The molecule has 0 unspecified atom stereocenters. The Balaban J connectivity index is 0.00000264. The van der Waals surface area contributed by atoms with Gasteiger partial charge in [0.05, 0.1) is 18.7 Å². The zero-order valence-electron chi connectivity index (χ0n) is 14.8. The van der Waals surface area contributed by atoms with Gasteiger partial charge in [0.2, 0.25) is 0 Å². The summed E-state index contributed by atoms with van der Waals surface area (Å²) in [4.78, 5) is 2.56. The summed E-state index contributed by atoms with van der Waals surface area (Å²) in [5.41, 5.74) is 1.22. The molecule has 0 radical (unpaired) electrons. The Labute approximate surface area is 166 Å². The van der Waals surface area contributed by atoms with Crippen molar-refractivity contribution in [1.29, 1.82) is 0 Å². The van der Waals surface area contributed by atoms with Crippen LogP contribution in [0.5, 0.6) is 11.5 Å². The maximum Gasteiger partial charge on any atom is 0.133 e. The van der Waals surface area contributed by atoms with Crippen LogP contribution in [0.1, 0.15) is 31.9 Å². The van der Waals surface area contributed by atoms with Crippen LogP contribution < -0.4 is 14.8 Å². The van der Waals surface area contributed by atoms with Crippen molar-refractivity contribution in [3.05, 3.63) is 22.2 Å². The number of nitrogens with zero attached hydrogens (tertiary/aromatic N) is 1. The number of hydrogen-bond acceptors (Lipinski definition) is 4. The molecule has 1 aromatic rings. The number of piperazine rings is 1.